The lowest BCUT2D eigenvalue weighted by atomic mass is 10.0. The van der Waals surface area contributed by atoms with Crippen molar-refractivity contribution >= 4 is 28.5 Å². The highest BCUT2D eigenvalue weighted by atomic mass is 15.3. The summed E-state index contributed by atoms with van der Waals surface area (Å²) in [7, 11) is 0. The van der Waals surface area contributed by atoms with Gasteiger partial charge in [0.05, 0.1) is 22.9 Å². The summed E-state index contributed by atoms with van der Waals surface area (Å²) >= 11 is 0. The molecule has 144 valence electrons. The van der Waals surface area contributed by atoms with Gasteiger partial charge in [-0.2, -0.15) is 0 Å². The maximum atomic E-state index is 6.34. The molecule has 1 saturated heterocycles. The Morgan fingerprint density at radius 3 is 2.39 bits per heavy atom. The lowest BCUT2D eigenvalue weighted by Gasteiger charge is -2.35. The first-order valence-corrected chi connectivity index (χ1v) is 9.76. The molecule has 2 heterocycles. The van der Waals surface area contributed by atoms with E-state index in [2.05, 4.69) is 34.7 Å². The van der Waals surface area contributed by atoms with Gasteiger partial charge in [0.1, 0.15) is 5.82 Å². The predicted octanol–water partition coefficient (Wildman–Crippen LogP) is 3.52. The Kier molecular flexibility index (Phi) is 5.10. The van der Waals surface area contributed by atoms with Gasteiger partial charge in [0, 0.05) is 26.2 Å². The summed E-state index contributed by atoms with van der Waals surface area (Å²) in [5.74, 6) is 1.91. The fourth-order valence-electron chi connectivity index (χ4n) is 3.54. The molecule has 0 aliphatic carbocycles. The Balaban J connectivity index is 1.46. The highest BCUT2D eigenvalue weighted by Crippen LogP contribution is 2.26. The summed E-state index contributed by atoms with van der Waals surface area (Å²) in [6.45, 7) is 7.66. The zero-order chi connectivity index (χ0) is 19.5. The van der Waals surface area contributed by atoms with Gasteiger partial charge in [0.25, 0.3) is 0 Å². The van der Waals surface area contributed by atoms with E-state index in [1.807, 2.05) is 48.7 Å². The zero-order valence-electron chi connectivity index (χ0n) is 16.4. The Bertz CT molecular complexity index is 989. The van der Waals surface area contributed by atoms with Gasteiger partial charge in [0.15, 0.2) is 5.96 Å². The third-order valence-electron chi connectivity index (χ3n) is 5.16. The van der Waals surface area contributed by atoms with Crippen molar-refractivity contribution in [2.75, 3.05) is 31.1 Å². The van der Waals surface area contributed by atoms with Crippen molar-refractivity contribution < 1.29 is 0 Å². The first kappa shape index (κ1) is 18.2. The van der Waals surface area contributed by atoms with E-state index >= 15 is 0 Å². The summed E-state index contributed by atoms with van der Waals surface area (Å²) in [6, 6.07) is 16.2. The van der Waals surface area contributed by atoms with E-state index in [0.29, 0.717) is 11.9 Å². The van der Waals surface area contributed by atoms with E-state index in [4.69, 9.17) is 15.7 Å². The van der Waals surface area contributed by atoms with Crippen LogP contribution in [0.2, 0.25) is 0 Å². The zero-order valence-corrected chi connectivity index (χ0v) is 16.4. The Hall–Kier alpha value is -3.15. The second-order valence-electron chi connectivity index (χ2n) is 7.37. The van der Waals surface area contributed by atoms with Gasteiger partial charge in [-0.25, -0.2) is 9.98 Å². The maximum Gasteiger partial charge on any atom is 0.196 e. The SMILES string of the molecule is CC(C)c1ccccc1N=C(N)N1CCN(c2cnc3ccccc3n2)CC1. The standard InChI is InChI=1S/C22H26N6/c1-16(2)17-7-3-4-8-18(17)26-22(23)28-13-11-27(12-14-28)21-15-24-19-9-5-6-10-20(19)25-21/h3-10,15-16H,11-14H2,1-2H3,(H2,23,26). The summed E-state index contributed by atoms with van der Waals surface area (Å²) in [5.41, 5.74) is 10.4. The number of nitrogens with two attached hydrogens (primary N) is 1. The lowest BCUT2D eigenvalue weighted by molar-refractivity contribution is 0.381. The van der Waals surface area contributed by atoms with Crippen LogP contribution in [-0.4, -0.2) is 47.0 Å². The second kappa shape index (κ2) is 7.84. The van der Waals surface area contributed by atoms with Crippen LogP contribution in [0.25, 0.3) is 11.0 Å². The molecule has 6 nitrogen and oxygen atoms in total. The third kappa shape index (κ3) is 3.76. The van der Waals surface area contributed by atoms with Crippen LogP contribution in [0.1, 0.15) is 25.3 Å². The van der Waals surface area contributed by atoms with Crippen LogP contribution in [0, 0.1) is 0 Å². The molecule has 1 aliphatic rings. The van der Waals surface area contributed by atoms with Crippen molar-refractivity contribution in [3.8, 4) is 0 Å². The number of hydrogen-bond acceptors (Lipinski definition) is 4. The quantitative estimate of drug-likeness (QED) is 0.561. The fraction of sp³-hybridized carbons (Fsp3) is 0.318. The molecular formula is C22H26N6. The summed E-state index contributed by atoms with van der Waals surface area (Å²) in [6.07, 6.45) is 1.86. The molecule has 4 rings (SSSR count). The van der Waals surface area contributed by atoms with Crippen LogP contribution in [0.3, 0.4) is 0 Å². The summed E-state index contributed by atoms with van der Waals surface area (Å²) < 4.78 is 0. The number of guanidine groups is 1. The monoisotopic (exact) mass is 374 g/mol. The number of benzene rings is 2. The number of nitrogens with zero attached hydrogens (tertiary/aromatic N) is 5. The predicted molar refractivity (Wildman–Crippen MR) is 115 cm³/mol. The number of fused-ring (bicyclic) bond motifs is 1. The summed E-state index contributed by atoms with van der Waals surface area (Å²) in [5, 5.41) is 0. The molecular weight excluding hydrogens is 348 g/mol. The average molecular weight is 374 g/mol. The molecule has 0 spiro atoms. The van der Waals surface area contributed by atoms with Crippen molar-refractivity contribution in [1.82, 2.24) is 14.9 Å². The van der Waals surface area contributed by atoms with Gasteiger partial charge in [0.2, 0.25) is 0 Å². The van der Waals surface area contributed by atoms with Crippen LogP contribution in [0.15, 0.2) is 59.7 Å². The van der Waals surface area contributed by atoms with Gasteiger partial charge >= 0.3 is 0 Å². The molecule has 6 heteroatoms. The minimum Gasteiger partial charge on any atom is -0.369 e. The van der Waals surface area contributed by atoms with Gasteiger partial charge in [-0.05, 0) is 29.7 Å². The van der Waals surface area contributed by atoms with Gasteiger partial charge in [-0.3, -0.25) is 4.98 Å². The molecule has 0 amide bonds. The fourth-order valence-corrected chi connectivity index (χ4v) is 3.54. The number of aliphatic imine (C=N–C) groups is 1. The van der Waals surface area contributed by atoms with Crippen molar-refractivity contribution in [2.24, 2.45) is 10.7 Å². The topological polar surface area (TPSA) is 70.6 Å². The smallest absolute Gasteiger partial charge is 0.196 e. The largest absolute Gasteiger partial charge is 0.369 e. The van der Waals surface area contributed by atoms with E-state index in [1.165, 1.54) is 5.56 Å². The van der Waals surface area contributed by atoms with E-state index in [1.54, 1.807) is 0 Å². The number of rotatable bonds is 3. The van der Waals surface area contributed by atoms with Crippen molar-refractivity contribution in [3.63, 3.8) is 0 Å². The maximum absolute atomic E-state index is 6.34. The molecule has 0 atom stereocenters. The van der Waals surface area contributed by atoms with E-state index < -0.39 is 0 Å². The van der Waals surface area contributed by atoms with Crippen LogP contribution in [-0.2, 0) is 0 Å². The molecule has 1 fully saturated rings. The van der Waals surface area contributed by atoms with Crippen molar-refractivity contribution in [1.29, 1.82) is 0 Å². The molecule has 0 bridgehead atoms. The second-order valence-corrected chi connectivity index (χ2v) is 7.37. The Morgan fingerprint density at radius 2 is 1.64 bits per heavy atom. The molecule has 1 aromatic heterocycles. The van der Waals surface area contributed by atoms with Crippen molar-refractivity contribution in [3.05, 3.63) is 60.3 Å². The molecule has 0 unspecified atom stereocenters. The molecule has 0 saturated carbocycles. The molecule has 2 N–H and O–H groups in total. The molecule has 0 radical (unpaired) electrons. The van der Waals surface area contributed by atoms with E-state index in [0.717, 1.165) is 48.7 Å². The van der Waals surface area contributed by atoms with Crippen molar-refractivity contribution in [2.45, 2.75) is 19.8 Å². The van der Waals surface area contributed by atoms with Gasteiger partial charge in [-0.1, -0.05) is 44.2 Å². The lowest BCUT2D eigenvalue weighted by Crippen LogP contribution is -2.51. The highest BCUT2D eigenvalue weighted by molar-refractivity contribution is 5.82. The minimum atomic E-state index is 0.413. The van der Waals surface area contributed by atoms with Gasteiger partial charge < -0.3 is 15.5 Å². The number of para-hydroxylation sites is 3. The van der Waals surface area contributed by atoms with Crippen LogP contribution in [0.4, 0.5) is 11.5 Å². The normalized spacial score (nSPS) is 15.5. The minimum absolute atomic E-state index is 0.413. The van der Waals surface area contributed by atoms with Crippen LogP contribution < -0.4 is 10.6 Å². The number of anilines is 1. The molecule has 28 heavy (non-hydrogen) atoms. The van der Waals surface area contributed by atoms with E-state index in [9.17, 15) is 0 Å². The third-order valence-corrected chi connectivity index (χ3v) is 5.16. The van der Waals surface area contributed by atoms with E-state index in [-0.39, 0.29) is 0 Å². The van der Waals surface area contributed by atoms with Gasteiger partial charge in [-0.15, -0.1) is 0 Å². The first-order chi connectivity index (χ1) is 13.6. The number of piperazine rings is 1. The molecule has 3 aromatic rings. The molecule has 1 aliphatic heterocycles. The molecule has 2 aromatic carbocycles. The first-order valence-electron chi connectivity index (χ1n) is 9.76. The summed E-state index contributed by atoms with van der Waals surface area (Å²) in [4.78, 5) is 18.4. The number of hydrogen-bond donors (Lipinski definition) is 1. The Labute approximate surface area is 165 Å². The average Bonchev–Trinajstić information content (AvgIpc) is 2.73. The number of aromatic nitrogens is 2. The Morgan fingerprint density at radius 1 is 0.964 bits per heavy atom. The highest BCUT2D eigenvalue weighted by Gasteiger charge is 2.20. The van der Waals surface area contributed by atoms with Crippen LogP contribution >= 0.6 is 0 Å². The van der Waals surface area contributed by atoms with Crippen LogP contribution in [0.5, 0.6) is 0 Å².